The molecule has 1 aliphatic heterocycles. The number of halogens is 4. The smallest absolute Gasteiger partial charge is 0.378 e. The first kappa shape index (κ1) is 19.7. The third-order valence-electron chi connectivity index (χ3n) is 4.03. The Labute approximate surface area is 165 Å². The monoisotopic (exact) mass is 415 g/mol. The van der Waals surface area contributed by atoms with Crippen LogP contribution in [0, 0.1) is 0 Å². The first-order chi connectivity index (χ1) is 12.8. The van der Waals surface area contributed by atoms with Crippen LogP contribution in [0.5, 0.6) is 0 Å². The molecule has 0 atom stereocenters. The van der Waals surface area contributed by atoms with Crippen molar-refractivity contribution in [2.75, 3.05) is 41.8 Å². The minimum atomic E-state index is -4.44. The molecule has 0 radical (unpaired) electrons. The fraction of sp³-hybridized carbons (Fsp3) is 0.278. The zero-order chi connectivity index (χ0) is 19.4. The third kappa shape index (κ3) is 5.24. The Hall–Kier alpha value is -2.03. The van der Waals surface area contributed by atoms with Crippen molar-refractivity contribution in [2.45, 2.75) is 6.18 Å². The van der Waals surface area contributed by atoms with Gasteiger partial charge in [0.15, 0.2) is 5.11 Å². The van der Waals surface area contributed by atoms with Crippen LogP contribution in [0.1, 0.15) is 5.56 Å². The second kappa shape index (κ2) is 8.33. The fourth-order valence-electron chi connectivity index (χ4n) is 2.71. The van der Waals surface area contributed by atoms with E-state index in [2.05, 4.69) is 10.6 Å². The number of alkyl halides is 3. The predicted octanol–water partition coefficient (Wildman–Crippen LogP) is 5.00. The van der Waals surface area contributed by atoms with Crippen LogP contribution in [0.15, 0.2) is 42.5 Å². The predicted molar refractivity (Wildman–Crippen MR) is 106 cm³/mol. The molecule has 144 valence electrons. The average Bonchev–Trinajstić information content (AvgIpc) is 2.63. The van der Waals surface area contributed by atoms with Gasteiger partial charge in [0.05, 0.1) is 30.2 Å². The van der Waals surface area contributed by atoms with E-state index in [1.54, 1.807) is 24.3 Å². The Balaban J connectivity index is 1.83. The number of nitrogens with one attached hydrogen (secondary N) is 2. The molecule has 0 spiro atoms. The van der Waals surface area contributed by atoms with Gasteiger partial charge in [-0.2, -0.15) is 13.2 Å². The number of anilines is 3. The minimum absolute atomic E-state index is 0.186. The summed E-state index contributed by atoms with van der Waals surface area (Å²) in [6, 6.07) is 10.4. The van der Waals surface area contributed by atoms with E-state index in [9.17, 15) is 13.2 Å². The Morgan fingerprint density at radius 1 is 1.04 bits per heavy atom. The highest BCUT2D eigenvalue weighted by Gasteiger charge is 2.31. The Morgan fingerprint density at radius 3 is 2.33 bits per heavy atom. The lowest BCUT2D eigenvalue weighted by Crippen LogP contribution is -2.37. The molecule has 2 aromatic carbocycles. The van der Waals surface area contributed by atoms with Crippen LogP contribution in [0.4, 0.5) is 30.2 Å². The van der Waals surface area contributed by atoms with Crippen molar-refractivity contribution in [2.24, 2.45) is 0 Å². The van der Waals surface area contributed by atoms with E-state index < -0.39 is 11.7 Å². The Morgan fingerprint density at radius 2 is 1.70 bits per heavy atom. The topological polar surface area (TPSA) is 36.5 Å². The quantitative estimate of drug-likeness (QED) is 0.689. The number of morpholine rings is 1. The molecule has 1 aliphatic rings. The fourth-order valence-corrected chi connectivity index (χ4v) is 3.06. The molecule has 4 nitrogen and oxygen atoms in total. The molecule has 0 amide bonds. The van der Waals surface area contributed by atoms with Crippen molar-refractivity contribution in [1.82, 2.24) is 0 Å². The van der Waals surface area contributed by atoms with E-state index in [0.29, 0.717) is 42.7 Å². The number of hydrogen-bond donors (Lipinski definition) is 2. The number of nitrogens with zero attached hydrogens (tertiary/aromatic N) is 1. The summed E-state index contributed by atoms with van der Waals surface area (Å²) in [5.41, 5.74) is 0.873. The van der Waals surface area contributed by atoms with Crippen molar-refractivity contribution < 1.29 is 17.9 Å². The molecule has 2 N–H and O–H groups in total. The SMILES string of the molecule is FC(F)(F)c1ccc(N2CCOCC2)c(NC(=S)Nc2ccc(Cl)cc2)c1. The van der Waals surface area contributed by atoms with Crippen LogP contribution in [-0.2, 0) is 10.9 Å². The van der Waals surface area contributed by atoms with Crippen molar-refractivity contribution in [3.8, 4) is 0 Å². The van der Waals surface area contributed by atoms with Gasteiger partial charge >= 0.3 is 6.18 Å². The van der Waals surface area contributed by atoms with Crippen molar-refractivity contribution in [3.05, 3.63) is 53.1 Å². The van der Waals surface area contributed by atoms with E-state index in [-0.39, 0.29) is 10.8 Å². The van der Waals surface area contributed by atoms with Crippen LogP contribution >= 0.6 is 23.8 Å². The molecule has 0 unspecified atom stereocenters. The van der Waals surface area contributed by atoms with Crippen molar-refractivity contribution >= 4 is 46.0 Å². The molecule has 27 heavy (non-hydrogen) atoms. The van der Waals surface area contributed by atoms with Gasteiger partial charge in [0.1, 0.15) is 0 Å². The highest BCUT2D eigenvalue weighted by molar-refractivity contribution is 7.80. The van der Waals surface area contributed by atoms with E-state index in [0.717, 1.165) is 12.1 Å². The maximum atomic E-state index is 13.1. The van der Waals surface area contributed by atoms with Gasteiger partial charge in [0.2, 0.25) is 0 Å². The molecule has 3 rings (SSSR count). The van der Waals surface area contributed by atoms with Gasteiger partial charge in [-0.1, -0.05) is 11.6 Å². The lowest BCUT2D eigenvalue weighted by molar-refractivity contribution is -0.137. The number of rotatable bonds is 3. The molecule has 0 aromatic heterocycles. The van der Waals surface area contributed by atoms with Crippen molar-refractivity contribution in [1.29, 1.82) is 0 Å². The van der Waals surface area contributed by atoms with Crippen LogP contribution < -0.4 is 15.5 Å². The molecule has 1 saturated heterocycles. The summed E-state index contributed by atoms with van der Waals surface area (Å²) in [5, 5.41) is 6.59. The number of benzene rings is 2. The van der Waals surface area contributed by atoms with Crippen LogP contribution in [0.3, 0.4) is 0 Å². The molecular weight excluding hydrogens is 399 g/mol. The molecule has 2 aromatic rings. The van der Waals surface area contributed by atoms with Gasteiger partial charge < -0.3 is 20.3 Å². The Kier molecular flexibility index (Phi) is 6.08. The van der Waals surface area contributed by atoms with Crippen LogP contribution in [-0.4, -0.2) is 31.4 Å². The van der Waals surface area contributed by atoms with Crippen LogP contribution in [0.2, 0.25) is 5.02 Å². The summed E-state index contributed by atoms with van der Waals surface area (Å²) in [6.07, 6.45) is -4.44. The second-order valence-electron chi connectivity index (χ2n) is 5.92. The van der Waals surface area contributed by atoms with E-state index >= 15 is 0 Å². The van der Waals surface area contributed by atoms with Crippen molar-refractivity contribution in [3.63, 3.8) is 0 Å². The number of thiocarbonyl (C=S) groups is 1. The molecule has 1 fully saturated rings. The summed E-state index contributed by atoms with van der Waals surface area (Å²) >= 11 is 11.1. The standard InChI is InChI=1S/C18H17ClF3N3OS/c19-13-2-4-14(5-3-13)23-17(27)24-15-11-12(18(20,21)22)1-6-16(15)25-7-9-26-10-8-25/h1-6,11H,7-10H2,(H2,23,24,27). The van der Waals surface area contributed by atoms with Crippen LogP contribution in [0.25, 0.3) is 0 Å². The largest absolute Gasteiger partial charge is 0.416 e. The zero-order valence-electron chi connectivity index (χ0n) is 14.1. The average molecular weight is 416 g/mol. The van der Waals surface area contributed by atoms with Gasteiger partial charge in [0, 0.05) is 23.8 Å². The summed E-state index contributed by atoms with van der Waals surface area (Å²) in [5.74, 6) is 0. The van der Waals surface area contributed by atoms with Gasteiger partial charge in [-0.05, 0) is 54.7 Å². The first-order valence-corrected chi connectivity index (χ1v) is 8.99. The molecule has 0 aliphatic carbocycles. The summed E-state index contributed by atoms with van der Waals surface area (Å²) in [7, 11) is 0. The van der Waals surface area contributed by atoms with E-state index in [1.807, 2.05) is 4.90 Å². The maximum absolute atomic E-state index is 13.1. The minimum Gasteiger partial charge on any atom is -0.378 e. The third-order valence-corrected chi connectivity index (χ3v) is 4.48. The van der Waals surface area contributed by atoms with E-state index in [4.69, 9.17) is 28.6 Å². The molecule has 0 bridgehead atoms. The van der Waals surface area contributed by atoms with Gasteiger partial charge in [0.25, 0.3) is 0 Å². The highest BCUT2D eigenvalue weighted by atomic mass is 35.5. The van der Waals surface area contributed by atoms with Gasteiger partial charge in [-0.3, -0.25) is 0 Å². The molecule has 0 saturated carbocycles. The number of ether oxygens (including phenoxy) is 1. The molecule has 9 heteroatoms. The summed E-state index contributed by atoms with van der Waals surface area (Å²) in [6.45, 7) is 2.23. The summed E-state index contributed by atoms with van der Waals surface area (Å²) in [4.78, 5) is 1.97. The molecular formula is C18H17ClF3N3OS. The summed E-state index contributed by atoms with van der Waals surface area (Å²) < 4.78 is 44.7. The zero-order valence-corrected chi connectivity index (χ0v) is 15.7. The second-order valence-corrected chi connectivity index (χ2v) is 6.76. The molecule has 1 heterocycles. The van der Waals surface area contributed by atoms with E-state index in [1.165, 1.54) is 6.07 Å². The Bertz CT molecular complexity index is 808. The number of hydrogen-bond acceptors (Lipinski definition) is 3. The lowest BCUT2D eigenvalue weighted by Gasteiger charge is -2.31. The van der Waals surface area contributed by atoms with Gasteiger partial charge in [-0.25, -0.2) is 0 Å². The lowest BCUT2D eigenvalue weighted by atomic mass is 10.1. The maximum Gasteiger partial charge on any atom is 0.416 e. The highest BCUT2D eigenvalue weighted by Crippen LogP contribution is 2.35. The normalized spacial score (nSPS) is 14.7. The van der Waals surface area contributed by atoms with Gasteiger partial charge in [-0.15, -0.1) is 0 Å². The first-order valence-electron chi connectivity index (χ1n) is 8.20.